The van der Waals surface area contributed by atoms with Crippen molar-refractivity contribution in [2.45, 2.75) is 45.4 Å². The van der Waals surface area contributed by atoms with Crippen LogP contribution in [0.5, 0.6) is 0 Å². The largest absolute Gasteiger partial charge is 0.391 e. The summed E-state index contributed by atoms with van der Waals surface area (Å²) in [6.45, 7) is 8.76. The van der Waals surface area contributed by atoms with Crippen molar-refractivity contribution in [2.75, 3.05) is 18.0 Å². The number of hydrogen-bond acceptors (Lipinski definition) is 3. The number of aliphatic hydroxyl groups excluding tert-OH is 1. The second-order valence-electron chi connectivity index (χ2n) is 6.23. The van der Waals surface area contributed by atoms with Gasteiger partial charge < -0.3 is 15.3 Å². The summed E-state index contributed by atoms with van der Waals surface area (Å²) in [4.78, 5) is 2.22. The van der Waals surface area contributed by atoms with E-state index in [9.17, 15) is 5.11 Å². The Labute approximate surface area is 120 Å². The van der Waals surface area contributed by atoms with Gasteiger partial charge in [0.1, 0.15) is 0 Å². The van der Waals surface area contributed by atoms with Gasteiger partial charge >= 0.3 is 0 Å². The van der Waals surface area contributed by atoms with E-state index in [1.165, 1.54) is 0 Å². The monoisotopic (exact) mass is 282 g/mol. The lowest BCUT2D eigenvalue weighted by molar-refractivity contribution is 0.198. The van der Waals surface area contributed by atoms with Gasteiger partial charge in [0, 0.05) is 41.4 Å². The molecule has 19 heavy (non-hydrogen) atoms. The zero-order chi connectivity index (χ0) is 14.0. The number of nitrogens with zero attached hydrogens (tertiary/aromatic N) is 1. The van der Waals surface area contributed by atoms with Crippen LogP contribution in [0.25, 0.3) is 0 Å². The van der Waals surface area contributed by atoms with Crippen LogP contribution in [0, 0.1) is 0 Å². The van der Waals surface area contributed by atoms with Crippen LogP contribution in [0.4, 0.5) is 5.69 Å². The van der Waals surface area contributed by atoms with E-state index in [2.05, 4.69) is 37.1 Å². The van der Waals surface area contributed by atoms with E-state index in [-0.39, 0.29) is 11.6 Å². The van der Waals surface area contributed by atoms with Gasteiger partial charge in [0.15, 0.2) is 0 Å². The van der Waals surface area contributed by atoms with Gasteiger partial charge in [0.2, 0.25) is 0 Å². The summed E-state index contributed by atoms with van der Waals surface area (Å²) in [6, 6.07) is 5.99. The fourth-order valence-corrected chi connectivity index (χ4v) is 2.57. The van der Waals surface area contributed by atoms with E-state index in [4.69, 9.17) is 11.6 Å². The number of benzene rings is 1. The SMILES string of the molecule is CC(C)(C)NCc1c(Cl)cccc1N1CCC(O)C1. The zero-order valence-electron chi connectivity index (χ0n) is 11.9. The van der Waals surface area contributed by atoms with Crippen molar-refractivity contribution in [3.8, 4) is 0 Å². The second kappa shape index (κ2) is 5.70. The number of aliphatic hydroxyl groups is 1. The van der Waals surface area contributed by atoms with Crippen LogP contribution >= 0.6 is 11.6 Å². The molecule has 1 saturated heterocycles. The summed E-state index contributed by atoms with van der Waals surface area (Å²) in [5, 5.41) is 14.0. The van der Waals surface area contributed by atoms with E-state index in [1.54, 1.807) is 0 Å². The van der Waals surface area contributed by atoms with Crippen LogP contribution in [0.15, 0.2) is 18.2 Å². The van der Waals surface area contributed by atoms with E-state index in [0.29, 0.717) is 6.54 Å². The highest BCUT2D eigenvalue weighted by Gasteiger charge is 2.23. The summed E-state index contributed by atoms with van der Waals surface area (Å²) in [6.07, 6.45) is 0.612. The lowest BCUT2D eigenvalue weighted by Crippen LogP contribution is -2.35. The Bertz CT molecular complexity index is 442. The summed E-state index contributed by atoms with van der Waals surface area (Å²) in [7, 11) is 0. The van der Waals surface area contributed by atoms with Crippen molar-refractivity contribution in [1.82, 2.24) is 5.32 Å². The van der Waals surface area contributed by atoms with Gasteiger partial charge in [-0.3, -0.25) is 0 Å². The van der Waals surface area contributed by atoms with Crippen molar-refractivity contribution in [3.63, 3.8) is 0 Å². The van der Waals surface area contributed by atoms with Crippen LogP contribution in [0.1, 0.15) is 32.8 Å². The summed E-state index contributed by atoms with van der Waals surface area (Å²) >= 11 is 6.34. The average Bonchev–Trinajstić information content (AvgIpc) is 2.72. The van der Waals surface area contributed by atoms with Gasteiger partial charge in [-0.05, 0) is 39.3 Å². The van der Waals surface area contributed by atoms with Crippen LogP contribution in [-0.2, 0) is 6.54 Å². The molecule has 2 rings (SSSR count). The van der Waals surface area contributed by atoms with Crippen LogP contribution in [0.3, 0.4) is 0 Å². The van der Waals surface area contributed by atoms with Crippen LogP contribution in [-0.4, -0.2) is 29.8 Å². The quantitative estimate of drug-likeness (QED) is 0.895. The molecule has 0 amide bonds. The van der Waals surface area contributed by atoms with Crippen molar-refractivity contribution in [1.29, 1.82) is 0 Å². The topological polar surface area (TPSA) is 35.5 Å². The molecule has 106 valence electrons. The minimum atomic E-state index is -0.220. The third-order valence-electron chi connectivity index (χ3n) is 3.39. The normalized spacial score (nSPS) is 20.1. The van der Waals surface area contributed by atoms with Crippen molar-refractivity contribution in [2.24, 2.45) is 0 Å². The van der Waals surface area contributed by atoms with Gasteiger partial charge in [-0.1, -0.05) is 17.7 Å². The molecule has 0 saturated carbocycles. The molecule has 0 aliphatic carbocycles. The Morgan fingerprint density at radius 3 is 2.74 bits per heavy atom. The van der Waals surface area contributed by atoms with E-state index in [1.807, 2.05) is 12.1 Å². The fraction of sp³-hybridized carbons (Fsp3) is 0.600. The Balaban J connectivity index is 2.21. The fourth-order valence-electron chi connectivity index (χ4n) is 2.33. The minimum Gasteiger partial charge on any atom is -0.391 e. The average molecular weight is 283 g/mol. The molecule has 1 aromatic rings. The van der Waals surface area contributed by atoms with Crippen molar-refractivity contribution >= 4 is 17.3 Å². The minimum absolute atomic E-state index is 0.0565. The Hall–Kier alpha value is -0.770. The molecular weight excluding hydrogens is 260 g/mol. The van der Waals surface area contributed by atoms with Gasteiger partial charge in [-0.25, -0.2) is 0 Å². The van der Waals surface area contributed by atoms with Gasteiger partial charge in [0.25, 0.3) is 0 Å². The Morgan fingerprint density at radius 2 is 2.16 bits per heavy atom. The molecule has 1 aliphatic rings. The highest BCUT2D eigenvalue weighted by atomic mass is 35.5. The van der Waals surface area contributed by atoms with Gasteiger partial charge in [-0.15, -0.1) is 0 Å². The molecule has 1 atom stereocenters. The molecule has 1 aromatic carbocycles. The first kappa shape index (κ1) is 14.6. The molecule has 3 nitrogen and oxygen atoms in total. The van der Waals surface area contributed by atoms with Gasteiger partial charge in [-0.2, -0.15) is 0 Å². The first-order valence-electron chi connectivity index (χ1n) is 6.82. The molecule has 0 aromatic heterocycles. The second-order valence-corrected chi connectivity index (χ2v) is 6.64. The highest BCUT2D eigenvalue weighted by molar-refractivity contribution is 6.31. The number of halogens is 1. The number of nitrogens with one attached hydrogen (secondary N) is 1. The van der Waals surface area contributed by atoms with Crippen molar-refractivity contribution in [3.05, 3.63) is 28.8 Å². The number of β-amino-alcohol motifs (C(OH)–C–C–N with tert-alkyl or cyclic N) is 1. The maximum absolute atomic E-state index is 9.69. The summed E-state index contributed by atoms with van der Waals surface area (Å²) < 4.78 is 0. The molecule has 1 fully saturated rings. The molecule has 1 unspecified atom stereocenters. The number of rotatable bonds is 3. The Kier molecular flexibility index (Phi) is 4.39. The molecule has 1 aliphatic heterocycles. The maximum atomic E-state index is 9.69. The molecule has 2 N–H and O–H groups in total. The Morgan fingerprint density at radius 1 is 1.42 bits per heavy atom. The van der Waals surface area contributed by atoms with E-state index < -0.39 is 0 Å². The number of hydrogen-bond donors (Lipinski definition) is 2. The highest BCUT2D eigenvalue weighted by Crippen LogP contribution is 2.30. The smallest absolute Gasteiger partial charge is 0.0731 e. The van der Waals surface area contributed by atoms with Gasteiger partial charge in [0.05, 0.1) is 6.10 Å². The first-order chi connectivity index (χ1) is 8.87. The summed E-state index contributed by atoms with van der Waals surface area (Å²) in [5.41, 5.74) is 2.31. The maximum Gasteiger partial charge on any atom is 0.0731 e. The predicted octanol–water partition coefficient (Wildman–Crippen LogP) is 2.80. The van der Waals surface area contributed by atoms with Crippen molar-refractivity contribution < 1.29 is 5.11 Å². The molecule has 0 radical (unpaired) electrons. The third-order valence-corrected chi connectivity index (χ3v) is 3.75. The first-order valence-corrected chi connectivity index (χ1v) is 7.20. The lowest BCUT2D eigenvalue weighted by Gasteiger charge is -2.26. The van der Waals surface area contributed by atoms with Crippen LogP contribution in [0.2, 0.25) is 5.02 Å². The standard InChI is InChI=1S/C15H23ClN2O/c1-15(2,3)17-9-12-13(16)5-4-6-14(12)18-8-7-11(19)10-18/h4-6,11,17,19H,7-10H2,1-3H3. The molecule has 0 bridgehead atoms. The molecule has 4 heteroatoms. The molecule has 0 spiro atoms. The zero-order valence-corrected chi connectivity index (χ0v) is 12.7. The van der Waals surface area contributed by atoms with E-state index in [0.717, 1.165) is 35.8 Å². The summed E-state index contributed by atoms with van der Waals surface area (Å²) in [5.74, 6) is 0. The predicted molar refractivity (Wildman–Crippen MR) is 80.9 cm³/mol. The molecule has 1 heterocycles. The van der Waals surface area contributed by atoms with Crippen LogP contribution < -0.4 is 10.2 Å². The van der Waals surface area contributed by atoms with E-state index >= 15 is 0 Å². The lowest BCUT2D eigenvalue weighted by atomic mass is 10.1. The third kappa shape index (κ3) is 3.85. The number of anilines is 1. The molecular formula is C15H23ClN2O.